The molecule has 1 heterocycles. The minimum absolute atomic E-state index is 0.690. The normalized spacial score (nSPS) is 18.9. The van der Waals surface area contributed by atoms with Gasteiger partial charge in [-0.25, -0.2) is 0 Å². The number of piperidine rings is 1. The molecule has 1 aromatic carbocycles. The molecular weight excluding hydrogens is 264 g/mol. The van der Waals surface area contributed by atoms with E-state index in [9.17, 15) is 0 Å². The van der Waals surface area contributed by atoms with Crippen molar-refractivity contribution in [1.82, 2.24) is 10.2 Å². The van der Waals surface area contributed by atoms with Crippen LogP contribution in [0.5, 0.6) is 0 Å². The van der Waals surface area contributed by atoms with Crippen molar-refractivity contribution in [2.45, 2.75) is 25.4 Å². The van der Waals surface area contributed by atoms with Crippen LogP contribution in [0.15, 0.2) is 28.7 Å². The largest absolute Gasteiger partial charge is 0.310 e. The molecule has 0 saturated carbocycles. The Kier molecular flexibility index (Phi) is 4.38. The van der Waals surface area contributed by atoms with E-state index in [0.29, 0.717) is 6.04 Å². The Hall–Kier alpha value is -0.380. The summed E-state index contributed by atoms with van der Waals surface area (Å²) in [6.07, 6.45) is 2.54. The zero-order valence-corrected chi connectivity index (χ0v) is 11.3. The van der Waals surface area contributed by atoms with Crippen molar-refractivity contribution in [3.8, 4) is 0 Å². The van der Waals surface area contributed by atoms with Crippen molar-refractivity contribution in [1.29, 1.82) is 0 Å². The van der Waals surface area contributed by atoms with Gasteiger partial charge in [-0.1, -0.05) is 28.1 Å². The third kappa shape index (κ3) is 3.58. The molecule has 0 spiro atoms. The van der Waals surface area contributed by atoms with E-state index in [2.05, 4.69) is 57.5 Å². The van der Waals surface area contributed by atoms with E-state index in [0.717, 1.165) is 11.0 Å². The fourth-order valence-corrected chi connectivity index (χ4v) is 2.57. The molecule has 0 radical (unpaired) electrons. The minimum Gasteiger partial charge on any atom is -0.310 e. The van der Waals surface area contributed by atoms with Crippen LogP contribution < -0.4 is 5.32 Å². The minimum atomic E-state index is 0.690. The molecule has 3 heteroatoms. The number of hydrogen-bond acceptors (Lipinski definition) is 2. The smallest absolute Gasteiger partial charge is 0.0208 e. The average Bonchev–Trinajstić information content (AvgIpc) is 2.28. The van der Waals surface area contributed by atoms with Crippen LogP contribution >= 0.6 is 15.9 Å². The second-order valence-electron chi connectivity index (χ2n) is 4.59. The van der Waals surface area contributed by atoms with Crippen molar-refractivity contribution in [2.24, 2.45) is 0 Å². The molecule has 0 unspecified atom stereocenters. The molecule has 2 nitrogen and oxygen atoms in total. The quantitative estimate of drug-likeness (QED) is 0.917. The van der Waals surface area contributed by atoms with Gasteiger partial charge in [0.1, 0.15) is 0 Å². The van der Waals surface area contributed by atoms with Crippen LogP contribution in [0.2, 0.25) is 0 Å². The molecule has 1 fully saturated rings. The van der Waals surface area contributed by atoms with Crippen molar-refractivity contribution in [3.63, 3.8) is 0 Å². The molecule has 16 heavy (non-hydrogen) atoms. The number of rotatable bonds is 3. The van der Waals surface area contributed by atoms with Crippen molar-refractivity contribution in [2.75, 3.05) is 20.1 Å². The Bertz CT molecular complexity index is 332. The molecule has 0 aliphatic carbocycles. The Labute approximate surface area is 106 Å². The summed E-state index contributed by atoms with van der Waals surface area (Å²) < 4.78 is 1.16. The van der Waals surface area contributed by atoms with Gasteiger partial charge in [-0.15, -0.1) is 0 Å². The Balaban J connectivity index is 1.79. The van der Waals surface area contributed by atoms with Crippen LogP contribution in [0, 0.1) is 0 Å². The summed E-state index contributed by atoms with van der Waals surface area (Å²) in [4.78, 5) is 2.40. The maximum Gasteiger partial charge on any atom is 0.0208 e. The highest BCUT2D eigenvalue weighted by atomic mass is 79.9. The first kappa shape index (κ1) is 12.1. The number of halogens is 1. The SMILES string of the molecule is CN1CCC(NCc2cccc(Br)c2)CC1. The lowest BCUT2D eigenvalue weighted by Crippen LogP contribution is -2.40. The van der Waals surface area contributed by atoms with E-state index >= 15 is 0 Å². The van der Waals surface area contributed by atoms with Crippen molar-refractivity contribution >= 4 is 15.9 Å². The summed E-state index contributed by atoms with van der Waals surface area (Å²) in [5.74, 6) is 0. The van der Waals surface area contributed by atoms with E-state index in [1.54, 1.807) is 0 Å². The van der Waals surface area contributed by atoms with Crippen LogP contribution in [0.1, 0.15) is 18.4 Å². The summed E-state index contributed by atoms with van der Waals surface area (Å²) in [5, 5.41) is 3.64. The molecule has 1 aliphatic heterocycles. The number of nitrogens with zero attached hydrogens (tertiary/aromatic N) is 1. The molecule has 1 aromatic rings. The fourth-order valence-electron chi connectivity index (χ4n) is 2.12. The monoisotopic (exact) mass is 282 g/mol. The van der Waals surface area contributed by atoms with Crippen LogP contribution in [0.4, 0.5) is 0 Å². The first-order valence-corrected chi connectivity index (χ1v) is 6.70. The molecular formula is C13H19BrN2. The van der Waals surface area contributed by atoms with Crippen molar-refractivity contribution in [3.05, 3.63) is 34.3 Å². The third-order valence-electron chi connectivity index (χ3n) is 3.20. The van der Waals surface area contributed by atoms with Gasteiger partial charge in [-0.3, -0.25) is 0 Å². The van der Waals surface area contributed by atoms with E-state index < -0.39 is 0 Å². The molecule has 1 aliphatic rings. The number of nitrogens with one attached hydrogen (secondary N) is 1. The lowest BCUT2D eigenvalue weighted by Gasteiger charge is -2.29. The Morgan fingerprint density at radius 2 is 2.12 bits per heavy atom. The maximum atomic E-state index is 3.64. The Morgan fingerprint density at radius 1 is 1.38 bits per heavy atom. The molecule has 88 valence electrons. The van der Waals surface area contributed by atoms with E-state index in [4.69, 9.17) is 0 Å². The van der Waals surface area contributed by atoms with Crippen LogP contribution in [-0.2, 0) is 6.54 Å². The van der Waals surface area contributed by atoms with Gasteiger partial charge in [-0.2, -0.15) is 0 Å². The highest BCUT2D eigenvalue weighted by molar-refractivity contribution is 9.10. The van der Waals surface area contributed by atoms with Crippen LogP contribution in [0.25, 0.3) is 0 Å². The zero-order valence-electron chi connectivity index (χ0n) is 9.75. The summed E-state index contributed by atoms with van der Waals surface area (Å²) in [6.45, 7) is 3.42. The zero-order chi connectivity index (χ0) is 11.4. The van der Waals surface area contributed by atoms with E-state index in [1.165, 1.54) is 31.5 Å². The average molecular weight is 283 g/mol. The molecule has 2 rings (SSSR count). The first-order valence-electron chi connectivity index (χ1n) is 5.90. The van der Waals surface area contributed by atoms with Crippen LogP contribution in [0.3, 0.4) is 0 Å². The molecule has 1 saturated heterocycles. The molecule has 0 atom stereocenters. The van der Waals surface area contributed by atoms with Crippen molar-refractivity contribution < 1.29 is 0 Å². The molecule has 0 amide bonds. The van der Waals surface area contributed by atoms with Crippen LogP contribution in [-0.4, -0.2) is 31.1 Å². The predicted octanol–water partition coefficient (Wildman–Crippen LogP) is 2.63. The van der Waals surface area contributed by atoms with E-state index in [-0.39, 0.29) is 0 Å². The highest BCUT2D eigenvalue weighted by Crippen LogP contribution is 2.13. The summed E-state index contributed by atoms with van der Waals surface area (Å²) in [5.41, 5.74) is 1.35. The van der Waals surface area contributed by atoms with Gasteiger partial charge in [0, 0.05) is 17.1 Å². The molecule has 0 bridgehead atoms. The summed E-state index contributed by atoms with van der Waals surface area (Å²) >= 11 is 3.50. The lowest BCUT2D eigenvalue weighted by molar-refractivity contribution is 0.234. The molecule has 0 aromatic heterocycles. The molecule has 1 N–H and O–H groups in total. The second-order valence-corrected chi connectivity index (χ2v) is 5.50. The highest BCUT2D eigenvalue weighted by Gasteiger charge is 2.15. The number of likely N-dealkylation sites (tertiary alicyclic amines) is 1. The van der Waals surface area contributed by atoms with Gasteiger partial charge < -0.3 is 10.2 Å². The Morgan fingerprint density at radius 3 is 2.81 bits per heavy atom. The lowest BCUT2D eigenvalue weighted by atomic mass is 10.1. The van der Waals surface area contributed by atoms with Gasteiger partial charge in [0.05, 0.1) is 0 Å². The summed E-state index contributed by atoms with van der Waals surface area (Å²) in [6, 6.07) is 9.21. The van der Waals surface area contributed by atoms with Gasteiger partial charge in [0.25, 0.3) is 0 Å². The van der Waals surface area contributed by atoms with E-state index in [1.807, 2.05) is 0 Å². The number of benzene rings is 1. The fraction of sp³-hybridized carbons (Fsp3) is 0.538. The van der Waals surface area contributed by atoms with Gasteiger partial charge >= 0.3 is 0 Å². The standard InChI is InChI=1S/C13H19BrN2/c1-16-7-5-13(6-8-16)15-10-11-3-2-4-12(14)9-11/h2-4,9,13,15H,5-8,10H2,1H3. The predicted molar refractivity (Wildman–Crippen MR) is 71.5 cm³/mol. The maximum absolute atomic E-state index is 3.64. The number of hydrogen-bond donors (Lipinski definition) is 1. The first-order chi connectivity index (χ1) is 7.74. The second kappa shape index (κ2) is 5.80. The van der Waals surface area contributed by atoms with Gasteiger partial charge in [-0.05, 0) is 50.7 Å². The summed E-state index contributed by atoms with van der Waals surface area (Å²) in [7, 11) is 2.20. The topological polar surface area (TPSA) is 15.3 Å². The van der Waals surface area contributed by atoms with Gasteiger partial charge in [0.15, 0.2) is 0 Å². The van der Waals surface area contributed by atoms with Gasteiger partial charge in [0.2, 0.25) is 0 Å². The third-order valence-corrected chi connectivity index (χ3v) is 3.70.